The first-order chi connectivity index (χ1) is 25.5. The van der Waals surface area contributed by atoms with Gasteiger partial charge in [-0.3, -0.25) is 19.8 Å². The monoisotopic (exact) mass is 763 g/mol. The zero-order valence-corrected chi connectivity index (χ0v) is 31.7. The summed E-state index contributed by atoms with van der Waals surface area (Å²) in [4.78, 5) is 31.4. The Balaban J connectivity index is 0.922. The number of benzene rings is 3. The fourth-order valence-electron chi connectivity index (χ4n) is 9.07. The van der Waals surface area contributed by atoms with Crippen molar-refractivity contribution in [2.45, 2.75) is 62.3 Å². The van der Waals surface area contributed by atoms with Crippen molar-refractivity contribution in [3.8, 4) is 0 Å². The van der Waals surface area contributed by atoms with Crippen molar-refractivity contribution in [3.63, 3.8) is 0 Å². The lowest BCUT2D eigenvalue weighted by molar-refractivity contribution is -0.384. The highest BCUT2D eigenvalue weighted by atomic mass is 35.5. The van der Waals surface area contributed by atoms with Gasteiger partial charge in [0.1, 0.15) is 5.69 Å². The van der Waals surface area contributed by atoms with Gasteiger partial charge in [0.05, 0.1) is 9.82 Å². The van der Waals surface area contributed by atoms with Crippen LogP contribution in [0, 0.1) is 21.4 Å². The Kier molecular flexibility index (Phi) is 11.3. The Labute approximate surface area is 317 Å². The Hall–Kier alpha value is -3.75. The van der Waals surface area contributed by atoms with E-state index >= 15 is 0 Å². The van der Waals surface area contributed by atoms with Gasteiger partial charge < -0.3 is 20.9 Å². The summed E-state index contributed by atoms with van der Waals surface area (Å²) in [6, 6.07) is 17.2. The van der Waals surface area contributed by atoms with Crippen LogP contribution in [0.25, 0.3) is 0 Å². The molecule has 3 aromatic carbocycles. The third-order valence-corrected chi connectivity index (χ3v) is 13.7. The topological polar surface area (TPSA) is 154 Å². The van der Waals surface area contributed by atoms with E-state index in [-0.39, 0.29) is 21.8 Å². The zero-order chi connectivity index (χ0) is 37.2. The summed E-state index contributed by atoms with van der Waals surface area (Å²) in [6.45, 7) is 7.75. The average Bonchev–Trinajstić information content (AvgIpc) is 3.37. The van der Waals surface area contributed by atoms with Crippen LogP contribution in [-0.2, 0) is 16.4 Å². The molecule has 0 radical (unpaired) electrons. The lowest BCUT2D eigenvalue weighted by Crippen LogP contribution is -2.49. The number of sulfonamides is 1. The quantitative estimate of drug-likeness (QED) is 0.124. The number of nitrogens with zero attached hydrogens (tertiary/aromatic N) is 4. The second kappa shape index (κ2) is 15.9. The van der Waals surface area contributed by atoms with E-state index in [1.165, 1.54) is 29.7 Å². The highest BCUT2D eigenvalue weighted by Gasteiger charge is 2.45. The lowest BCUT2D eigenvalue weighted by atomic mass is 9.57. The normalized spacial score (nSPS) is 21.0. The molecule has 1 amide bonds. The van der Waals surface area contributed by atoms with Gasteiger partial charge in [0.25, 0.3) is 21.6 Å². The fourth-order valence-corrected chi connectivity index (χ4v) is 10.3. The van der Waals surface area contributed by atoms with E-state index in [1.807, 2.05) is 18.2 Å². The number of piperazine rings is 1. The van der Waals surface area contributed by atoms with Crippen LogP contribution in [-0.4, -0.2) is 88.0 Å². The number of likely N-dealkylation sites (tertiary alicyclic amines) is 1. The molecule has 7 rings (SSSR count). The molecule has 53 heavy (non-hydrogen) atoms. The number of hydrogen-bond donors (Lipinski definition) is 3. The fraction of sp³-hybridized carbons (Fsp3) is 0.513. The number of anilines is 2. The minimum Gasteiger partial charge on any atom is -0.379 e. The third-order valence-electron chi connectivity index (χ3n) is 12.0. The van der Waals surface area contributed by atoms with Crippen molar-refractivity contribution in [2.75, 3.05) is 69.1 Å². The highest BCUT2D eigenvalue weighted by molar-refractivity contribution is 7.90. The number of nitrogens with two attached hydrogens (primary N) is 1. The molecule has 4 N–H and O–H groups in total. The molecule has 3 aromatic rings. The van der Waals surface area contributed by atoms with Crippen LogP contribution in [0.3, 0.4) is 0 Å². The molecule has 0 unspecified atom stereocenters. The van der Waals surface area contributed by atoms with Gasteiger partial charge in [-0.25, -0.2) is 13.1 Å². The Morgan fingerprint density at radius 1 is 0.981 bits per heavy atom. The van der Waals surface area contributed by atoms with E-state index in [0.29, 0.717) is 30.5 Å². The molecule has 14 heteroatoms. The molecule has 2 aliphatic heterocycles. The Morgan fingerprint density at radius 3 is 2.42 bits per heavy atom. The molecule has 3 fully saturated rings. The van der Waals surface area contributed by atoms with Crippen LogP contribution in [0.1, 0.15) is 72.5 Å². The standard InChI is InChI=1S/C39H50ClN7O5S/c40-34-6-3-5-33-32(34)4-1-2-7-36(33)46-22-20-45(21-23-46)30-10-8-29(9-11-30)38(48)43-53(51,52)31-12-13-35(37(24-31)47(49)50)42-27-28-25-39(26-28)14-17-44(18-15-39)19-16-41/h3,5-6,8-13,24,28,36,42H,1-2,4,7,14-23,25-27,41H2,(H,43,48)/t36-/m1/s1. The first-order valence-corrected chi connectivity index (χ1v) is 20.8. The van der Waals surface area contributed by atoms with Crippen molar-refractivity contribution >= 4 is 44.6 Å². The van der Waals surface area contributed by atoms with Gasteiger partial charge in [0, 0.05) is 74.2 Å². The molecule has 1 atom stereocenters. The second-order valence-electron chi connectivity index (χ2n) is 15.3. The largest absolute Gasteiger partial charge is 0.379 e. The van der Waals surface area contributed by atoms with E-state index in [2.05, 4.69) is 36.9 Å². The van der Waals surface area contributed by atoms with Gasteiger partial charge >= 0.3 is 0 Å². The minimum atomic E-state index is -4.37. The summed E-state index contributed by atoms with van der Waals surface area (Å²) >= 11 is 6.58. The predicted molar refractivity (Wildman–Crippen MR) is 208 cm³/mol. The van der Waals surface area contributed by atoms with Crippen LogP contribution >= 0.6 is 11.6 Å². The number of rotatable bonds is 11. The molecule has 2 aliphatic carbocycles. The number of carbonyl (C=O) groups is 1. The molecule has 284 valence electrons. The molecule has 2 saturated heterocycles. The summed E-state index contributed by atoms with van der Waals surface area (Å²) in [6.07, 6.45) is 8.91. The number of hydrogen-bond acceptors (Lipinski definition) is 10. The molecule has 4 aliphatic rings. The van der Waals surface area contributed by atoms with Crippen LogP contribution < -0.4 is 20.7 Å². The second-order valence-corrected chi connectivity index (χ2v) is 17.4. The number of amides is 1. The molecule has 2 heterocycles. The van der Waals surface area contributed by atoms with Crippen LogP contribution in [0.15, 0.2) is 65.6 Å². The van der Waals surface area contributed by atoms with E-state index in [9.17, 15) is 23.3 Å². The number of nitrogens with one attached hydrogen (secondary N) is 2. The van der Waals surface area contributed by atoms with Crippen molar-refractivity contribution in [1.29, 1.82) is 0 Å². The van der Waals surface area contributed by atoms with E-state index in [1.54, 1.807) is 12.1 Å². The third kappa shape index (κ3) is 8.34. The summed E-state index contributed by atoms with van der Waals surface area (Å²) in [5.74, 6) is -0.400. The molecular formula is C39H50ClN7O5S. The number of piperidine rings is 1. The smallest absolute Gasteiger partial charge is 0.293 e. The van der Waals surface area contributed by atoms with Crippen LogP contribution in [0.2, 0.25) is 5.02 Å². The number of nitro benzene ring substituents is 1. The van der Waals surface area contributed by atoms with Crippen molar-refractivity contribution in [3.05, 3.63) is 92.5 Å². The van der Waals surface area contributed by atoms with Crippen molar-refractivity contribution in [1.82, 2.24) is 14.5 Å². The molecule has 12 nitrogen and oxygen atoms in total. The van der Waals surface area contributed by atoms with E-state index in [4.69, 9.17) is 17.3 Å². The minimum absolute atomic E-state index is 0.180. The van der Waals surface area contributed by atoms with Gasteiger partial charge in [-0.1, -0.05) is 30.2 Å². The molecule has 0 bridgehead atoms. The van der Waals surface area contributed by atoms with E-state index in [0.717, 1.165) is 108 Å². The van der Waals surface area contributed by atoms with Crippen LogP contribution in [0.5, 0.6) is 0 Å². The number of carbonyl (C=O) groups excluding carboxylic acids is 1. The number of halogens is 1. The highest BCUT2D eigenvalue weighted by Crippen LogP contribution is 2.52. The molecular weight excluding hydrogens is 714 g/mol. The first kappa shape index (κ1) is 37.6. The van der Waals surface area contributed by atoms with Gasteiger partial charge in [0.2, 0.25) is 0 Å². The maximum Gasteiger partial charge on any atom is 0.293 e. The van der Waals surface area contributed by atoms with Gasteiger partial charge in [0.15, 0.2) is 0 Å². The maximum absolute atomic E-state index is 13.2. The van der Waals surface area contributed by atoms with Crippen molar-refractivity contribution < 1.29 is 18.1 Å². The van der Waals surface area contributed by atoms with Gasteiger partial charge in [-0.15, -0.1) is 0 Å². The van der Waals surface area contributed by atoms with Gasteiger partial charge in [-0.05, 0) is 123 Å². The zero-order valence-electron chi connectivity index (χ0n) is 30.1. The Morgan fingerprint density at radius 2 is 1.72 bits per heavy atom. The summed E-state index contributed by atoms with van der Waals surface area (Å²) in [5, 5.41) is 16.0. The molecule has 1 saturated carbocycles. The summed E-state index contributed by atoms with van der Waals surface area (Å²) in [5.41, 5.74) is 9.75. The van der Waals surface area contributed by atoms with Crippen molar-refractivity contribution in [2.24, 2.45) is 17.1 Å². The van der Waals surface area contributed by atoms with Crippen LogP contribution in [0.4, 0.5) is 17.1 Å². The lowest BCUT2D eigenvalue weighted by Gasteiger charge is -2.52. The molecule has 0 aromatic heterocycles. The SMILES string of the molecule is NCCN1CCC2(CC1)CC(CNc1ccc(S(=O)(=O)NC(=O)c3ccc(N4CCN([C@@H]5CCCCc6c(Cl)cccc65)CC4)cc3)cc1[N+](=O)[O-])C2. The Bertz CT molecular complexity index is 1900. The number of nitro groups is 1. The van der Waals surface area contributed by atoms with E-state index < -0.39 is 20.9 Å². The first-order valence-electron chi connectivity index (χ1n) is 18.9. The molecule has 1 spiro atoms. The number of fused-ring (bicyclic) bond motifs is 1. The summed E-state index contributed by atoms with van der Waals surface area (Å²) < 4.78 is 28.6. The maximum atomic E-state index is 13.2. The van der Waals surface area contributed by atoms with Gasteiger partial charge in [-0.2, -0.15) is 0 Å². The predicted octanol–water partition coefficient (Wildman–Crippen LogP) is 5.82. The summed E-state index contributed by atoms with van der Waals surface area (Å²) in [7, 11) is -4.37. The average molecular weight is 764 g/mol.